The minimum Gasteiger partial charge on any atom is -0.378 e. The van der Waals surface area contributed by atoms with Crippen LogP contribution in [0.5, 0.6) is 0 Å². The van der Waals surface area contributed by atoms with Crippen molar-refractivity contribution < 1.29 is 4.74 Å². The molecule has 0 amide bonds. The summed E-state index contributed by atoms with van der Waals surface area (Å²) in [5.74, 6) is 1.87. The van der Waals surface area contributed by atoms with E-state index in [2.05, 4.69) is 32.6 Å². The molecule has 1 aliphatic rings. The molecule has 3 heterocycles. The Kier molecular flexibility index (Phi) is 4.48. The molecule has 0 radical (unpaired) electrons. The van der Waals surface area contributed by atoms with Crippen molar-refractivity contribution in [3.63, 3.8) is 0 Å². The van der Waals surface area contributed by atoms with Crippen molar-refractivity contribution >= 4 is 17.0 Å². The number of morpholine rings is 1. The first-order valence-corrected chi connectivity index (χ1v) is 7.59. The first-order valence-electron chi connectivity index (χ1n) is 7.59. The Bertz CT molecular complexity index is 672. The molecule has 3 rings (SSSR count). The van der Waals surface area contributed by atoms with Gasteiger partial charge in [0.25, 0.3) is 0 Å². The van der Waals surface area contributed by atoms with Crippen LogP contribution in [0.3, 0.4) is 0 Å². The smallest absolute Gasteiger partial charge is 0.165 e. The van der Waals surface area contributed by atoms with E-state index >= 15 is 0 Å². The highest BCUT2D eigenvalue weighted by Gasteiger charge is 2.20. The van der Waals surface area contributed by atoms with Crippen LogP contribution in [0.1, 0.15) is 12.2 Å². The summed E-state index contributed by atoms with van der Waals surface area (Å²) in [4.78, 5) is 15.9. The molecule has 0 atom stereocenters. The highest BCUT2D eigenvalue weighted by molar-refractivity contribution is 5.84. The quantitative estimate of drug-likeness (QED) is 0.763. The Morgan fingerprint density at radius 2 is 2.00 bits per heavy atom. The van der Waals surface area contributed by atoms with Crippen LogP contribution in [-0.2, 0) is 17.7 Å². The van der Waals surface area contributed by atoms with Gasteiger partial charge >= 0.3 is 0 Å². The van der Waals surface area contributed by atoms with Crippen LogP contribution < -0.4 is 4.90 Å². The van der Waals surface area contributed by atoms with Crippen LogP contribution in [0.15, 0.2) is 31.6 Å². The number of imidazole rings is 1. The Balaban J connectivity index is 2.06. The second kappa shape index (κ2) is 6.70. The molecule has 1 saturated heterocycles. The topological polar surface area (TPSA) is 56.1 Å². The summed E-state index contributed by atoms with van der Waals surface area (Å²) in [6, 6.07) is 0. The predicted octanol–water partition coefficient (Wildman–Crippen LogP) is 1.97. The van der Waals surface area contributed by atoms with E-state index in [9.17, 15) is 0 Å². The van der Waals surface area contributed by atoms with Crippen molar-refractivity contribution in [2.75, 3.05) is 31.2 Å². The van der Waals surface area contributed by atoms with Gasteiger partial charge in [0.1, 0.15) is 12.2 Å². The summed E-state index contributed by atoms with van der Waals surface area (Å²) in [5, 5.41) is 0. The molecule has 6 nitrogen and oxygen atoms in total. The third kappa shape index (κ3) is 2.74. The molecule has 0 saturated carbocycles. The molecule has 2 aromatic heterocycles. The lowest BCUT2D eigenvalue weighted by Gasteiger charge is -2.27. The Labute approximate surface area is 130 Å². The fraction of sp³-hybridized carbons (Fsp3) is 0.438. The lowest BCUT2D eigenvalue weighted by molar-refractivity contribution is 0.122. The Hall–Kier alpha value is -2.21. The van der Waals surface area contributed by atoms with E-state index in [-0.39, 0.29) is 0 Å². The molecule has 22 heavy (non-hydrogen) atoms. The summed E-state index contributed by atoms with van der Waals surface area (Å²) < 4.78 is 7.56. The van der Waals surface area contributed by atoms with Crippen molar-refractivity contribution in [2.24, 2.45) is 0 Å². The van der Waals surface area contributed by atoms with Crippen LogP contribution in [0.4, 0.5) is 5.82 Å². The molecule has 0 unspecified atom stereocenters. The Morgan fingerprint density at radius 3 is 2.73 bits per heavy atom. The third-order valence-electron chi connectivity index (χ3n) is 3.79. The summed E-state index contributed by atoms with van der Waals surface area (Å²) in [5.41, 5.74) is 1.75. The van der Waals surface area contributed by atoms with Gasteiger partial charge in [-0.2, -0.15) is 0 Å². The van der Waals surface area contributed by atoms with E-state index < -0.39 is 0 Å². The average molecular weight is 299 g/mol. The maximum Gasteiger partial charge on any atom is 0.165 e. The number of aromatic nitrogens is 4. The lowest BCUT2D eigenvalue weighted by Crippen LogP contribution is -2.36. The lowest BCUT2D eigenvalue weighted by atomic mass is 10.3. The number of fused-ring (bicyclic) bond motifs is 1. The number of aryl methyl sites for hydroxylation is 1. The monoisotopic (exact) mass is 299 g/mol. The second-order valence-electron chi connectivity index (χ2n) is 5.22. The number of ether oxygens (including phenoxy) is 1. The van der Waals surface area contributed by atoms with Gasteiger partial charge in [-0.1, -0.05) is 12.2 Å². The molecule has 0 aliphatic carbocycles. The SMILES string of the molecule is C=CCCn1c(CC=C)nc2c(N3CCOCC3)ncnc21. The van der Waals surface area contributed by atoms with E-state index in [4.69, 9.17) is 9.72 Å². The second-order valence-corrected chi connectivity index (χ2v) is 5.22. The molecule has 0 bridgehead atoms. The minimum absolute atomic E-state index is 0.718. The van der Waals surface area contributed by atoms with Crippen molar-refractivity contribution in [1.29, 1.82) is 0 Å². The molecule has 0 aromatic carbocycles. The van der Waals surface area contributed by atoms with Gasteiger partial charge in [-0.15, -0.1) is 13.2 Å². The van der Waals surface area contributed by atoms with Crippen LogP contribution in [0.25, 0.3) is 11.2 Å². The van der Waals surface area contributed by atoms with Gasteiger partial charge in [-0.05, 0) is 6.42 Å². The number of hydrogen-bond donors (Lipinski definition) is 0. The largest absolute Gasteiger partial charge is 0.378 e. The standard InChI is InChI=1S/C16H21N5O/c1-3-5-7-21-13(6-4-2)19-14-15(17-12-18-16(14)21)20-8-10-22-11-9-20/h3-4,12H,1-2,5-11H2. The van der Waals surface area contributed by atoms with Gasteiger partial charge in [0.05, 0.1) is 13.2 Å². The maximum atomic E-state index is 5.42. The normalized spacial score (nSPS) is 15.2. The first-order chi connectivity index (χ1) is 10.8. The fourth-order valence-corrected chi connectivity index (χ4v) is 2.72. The van der Waals surface area contributed by atoms with Gasteiger partial charge in [0.2, 0.25) is 0 Å². The molecule has 2 aromatic rings. The van der Waals surface area contributed by atoms with Crippen molar-refractivity contribution in [3.05, 3.63) is 37.5 Å². The average Bonchev–Trinajstić information content (AvgIpc) is 2.91. The van der Waals surface area contributed by atoms with E-state index in [1.165, 1.54) is 0 Å². The molecule has 1 fully saturated rings. The first kappa shape index (κ1) is 14.7. The zero-order chi connectivity index (χ0) is 15.4. The molecular weight excluding hydrogens is 278 g/mol. The predicted molar refractivity (Wildman–Crippen MR) is 87.1 cm³/mol. The van der Waals surface area contributed by atoms with E-state index in [0.717, 1.165) is 68.5 Å². The number of nitrogens with zero attached hydrogens (tertiary/aromatic N) is 5. The summed E-state index contributed by atoms with van der Waals surface area (Å²) in [6.45, 7) is 11.6. The summed E-state index contributed by atoms with van der Waals surface area (Å²) in [6.07, 6.45) is 7.00. The zero-order valence-corrected chi connectivity index (χ0v) is 12.7. The molecule has 0 spiro atoms. The van der Waals surface area contributed by atoms with Gasteiger partial charge in [0, 0.05) is 26.1 Å². The van der Waals surface area contributed by atoms with Gasteiger partial charge in [0.15, 0.2) is 17.0 Å². The van der Waals surface area contributed by atoms with Crippen molar-refractivity contribution in [1.82, 2.24) is 19.5 Å². The summed E-state index contributed by atoms with van der Waals surface area (Å²) in [7, 11) is 0. The van der Waals surface area contributed by atoms with Crippen LogP contribution in [0, 0.1) is 0 Å². The molecule has 0 N–H and O–H groups in total. The summed E-state index contributed by atoms with van der Waals surface area (Å²) >= 11 is 0. The molecule has 1 aliphatic heterocycles. The number of anilines is 1. The zero-order valence-electron chi connectivity index (χ0n) is 12.7. The molecule has 6 heteroatoms. The maximum absolute atomic E-state index is 5.42. The highest BCUT2D eigenvalue weighted by Crippen LogP contribution is 2.24. The minimum atomic E-state index is 0.718. The van der Waals surface area contributed by atoms with Crippen molar-refractivity contribution in [2.45, 2.75) is 19.4 Å². The van der Waals surface area contributed by atoms with E-state index in [1.807, 2.05) is 12.2 Å². The van der Waals surface area contributed by atoms with Crippen LogP contribution in [0.2, 0.25) is 0 Å². The van der Waals surface area contributed by atoms with Crippen LogP contribution in [-0.4, -0.2) is 45.8 Å². The van der Waals surface area contributed by atoms with Gasteiger partial charge in [-0.3, -0.25) is 0 Å². The van der Waals surface area contributed by atoms with Crippen LogP contribution >= 0.6 is 0 Å². The molecule has 116 valence electrons. The van der Waals surface area contributed by atoms with Crippen molar-refractivity contribution in [3.8, 4) is 0 Å². The number of hydrogen-bond acceptors (Lipinski definition) is 5. The van der Waals surface area contributed by atoms with E-state index in [1.54, 1.807) is 6.33 Å². The van der Waals surface area contributed by atoms with E-state index in [0.29, 0.717) is 0 Å². The third-order valence-corrected chi connectivity index (χ3v) is 3.79. The molecular formula is C16H21N5O. The van der Waals surface area contributed by atoms with Gasteiger partial charge < -0.3 is 14.2 Å². The highest BCUT2D eigenvalue weighted by atomic mass is 16.5. The fourth-order valence-electron chi connectivity index (χ4n) is 2.72. The van der Waals surface area contributed by atoms with Gasteiger partial charge in [-0.25, -0.2) is 15.0 Å². The number of allylic oxidation sites excluding steroid dienone is 2. The Morgan fingerprint density at radius 1 is 1.18 bits per heavy atom. The number of rotatable bonds is 6.